The summed E-state index contributed by atoms with van der Waals surface area (Å²) in [5, 5.41) is 26.9. The summed E-state index contributed by atoms with van der Waals surface area (Å²) in [6.45, 7) is 0. The quantitative estimate of drug-likeness (QED) is 0.648. The number of carboxylic acid groups (broad SMARTS) is 3. The molecule has 2 aromatic rings. The molecule has 0 spiro atoms. The zero-order chi connectivity index (χ0) is 13.4. The van der Waals surface area contributed by atoms with Gasteiger partial charge in [0, 0.05) is 10.9 Å². The van der Waals surface area contributed by atoms with Crippen LogP contribution in [0.15, 0.2) is 18.2 Å². The van der Waals surface area contributed by atoms with Crippen molar-refractivity contribution in [1.29, 1.82) is 0 Å². The second-order valence-electron chi connectivity index (χ2n) is 3.58. The van der Waals surface area contributed by atoms with Gasteiger partial charge >= 0.3 is 17.9 Å². The third kappa shape index (κ3) is 1.77. The SMILES string of the molecule is O=C(O)c1cc2cc(C(=O)O)c(C(=O)O)cc2[nH]1. The van der Waals surface area contributed by atoms with Crippen molar-refractivity contribution in [3.8, 4) is 0 Å². The van der Waals surface area contributed by atoms with Crippen LogP contribution in [0.3, 0.4) is 0 Å². The first-order valence-electron chi connectivity index (χ1n) is 4.77. The topological polar surface area (TPSA) is 128 Å². The number of aromatic amines is 1. The van der Waals surface area contributed by atoms with E-state index in [2.05, 4.69) is 4.98 Å². The highest BCUT2D eigenvalue weighted by Gasteiger charge is 2.18. The molecule has 0 aliphatic carbocycles. The highest BCUT2D eigenvalue weighted by molar-refractivity contribution is 6.06. The second kappa shape index (κ2) is 3.88. The van der Waals surface area contributed by atoms with Crippen molar-refractivity contribution in [3.63, 3.8) is 0 Å². The van der Waals surface area contributed by atoms with Crippen molar-refractivity contribution in [2.45, 2.75) is 0 Å². The highest BCUT2D eigenvalue weighted by Crippen LogP contribution is 2.21. The first-order chi connectivity index (χ1) is 8.40. The lowest BCUT2D eigenvalue weighted by Crippen LogP contribution is -2.07. The molecule has 0 unspecified atom stereocenters. The summed E-state index contributed by atoms with van der Waals surface area (Å²) < 4.78 is 0. The Hall–Kier alpha value is -2.83. The molecule has 1 aromatic heterocycles. The van der Waals surface area contributed by atoms with E-state index in [1.165, 1.54) is 6.07 Å². The maximum absolute atomic E-state index is 10.9. The van der Waals surface area contributed by atoms with Gasteiger partial charge in [-0.15, -0.1) is 0 Å². The molecule has 4 N–H and O–H groups in total. The van der Waals surface area contributed by atoms with Gasteiger partial charge in [0.15, 0.2) is 0 Å². The average molecular weight is 249 g/mol. The van der Waals surface area contributed by atoms with Crippen molar-refractivity contribution in [2.24, 2.45) is 0 Å². The molecule has 0 aliphatic heterocycles. The second-order valence-corrected chi connectivity index (χ2v) is 3.58. The molecule has 0 fully saturated rings. The van der Waals surface area contributed by atoms with Crippen LogP contribution in [0.25, 0.3) is 10.9 Å². The smallest absolute Gasteiger partial charge is 0.352 e. The van der Waals surface area contributed by atoms with Crippen molar-refractivity contribution in [3.05, 3.63) is 35.0 Å². The highest BCUT2D eigenvalue weighted by atomic mass is 16.4. The summed E-state index contributed by atoms with van der Waals surface area (Å²) in [6.07, 6.45) is 0. The predicted octanol–water partition coefficient (Wildman–Crippen LogP) is 1.26. The number of benzene rings is 1. The minimum absolute atomic E-state index is 0.135. The summed E-state index contributed by atoms with van der Waals surface area (Å²) >= 11 is 0. The van der Waals surface area contributed by atoms with Crippen LogP contribution in [0.1, 0.15) is 31.2 Å². The van der Waals surface area contributed by atoms with E-state index in [1.807, 2.05) is 0 Å². The van der Waals surface area contributed by atoms with Crippen LogP contribution in [0.5, 0.6) is 0 Å². The van der Waals surface area contributed by atoms with Gasteiger partial charge in [-0.1, -0.05) is 0 Å². The summed E-state index contributed by atoms with van der Waals surface area (Å²) in [5.74, 6) is -3.98. The van der Waals surface area contributed by atoms with E-state index >= 15 is 0 Å². The molecule has 7 heteroatoms. The maximum Gasteiger partial charge on any atom is 0.352 e. The Balaban J connectivity index is 2.76. The van der Waals surface area contributed by atoms with Crippen molar-refractivity contribution < 1.29 is 29.7 Å². The van der Waals surface area contributed by atoms with Gasteiger partial charge < -0.3 is 20.3 Å². The minimum Gasteiger partial charge on any atom is -0.478 e. The summed E-state index contributed by atoms with van der Waals surface area (Å²) in [5.41, 5.74) is -0.654. The molecule has 7 nitrogen and oxygen atoms in total. The van der Waals surface area contributed by atoms with Crippen LogP contribution >= 0.6 is 0 Å². The standard InChI is InChI=1S/C11H7NO6/c13-9(14)5-1-4-2-8(11(17)18)12-7(4)3-6(5)10(15)16/h1-3,12H,(H,13,14)(H,15,16)(H,17,18). The fraction of sp³-hybridized carbons (Fsp3) is 0. The van der Waals surface area contributed by atoms with Crippen molar-refractivity contribution >= 4 is 28.8 Å². The van der Waals surface area contributed by atoms with Crippen molar-refractivity contribution in [2.75, 3.05) is 0 Å². The van der Waals surface area contributed by atoms with Gasteiger partial charge in [-0.25, -0.2) is 14.4 Å². The number of rotatable bonds is 3. The Morgan fingerprint density at radius 3 is 1.89 bits per heavy atom. The molecular weight excluding hydrogens is 242 g/mol. The van der Waals surface area contributed by atoms with E-state index < -0.39 is 23.5 Å². The summed E-state index contributed by atoms with van der Waals surface area (Å²) in [7, 11) is 0. The molecule has 0 atom stereocenters. The normalized spacial score (nSPS) is 10.4. The number of H-pyrrole nitrogens is 1. The van der Waals surface area contributed by atoms with Crippen LogP contribution < -0.4 is 0 Å². The monoisotopic (exact) mass is 249 g/mol. The van der Waals surface area contributed by atoms with Gasteiger partial charge in [-0.05, 0) is 18.2 Å². The zero-order valence-corrected chi connectivity index (χ0v) is 8.80. The number of carboxylic acids is 3. The third-order valence-electron chi connectivity index (χ3n) is 2.45. The van der Waals surface area contributed by atoms with E-state index in [0.29, 0.717) is 5.39 Å². The van der Waals surface area contributed by atoms with E-state index in [0.717, 1.165) is 12.1 Å². The Bertz CT molecular complexity index is 633. The fourth-order valence-corrected chi connectivity index (χ4v) is 1.65. The molecule has 0 aliphatic rings. The molecule has 1 aromatic carbocycles. The van der Waals surface area contributed by atoms with Gasteiger partial charge in [0.2, 0.25) is 0 Å². The largest absolute Gasteiger partial charge is 0.478 e. The number of carbonyl (C=O) groups is 3. The van der Waals surface area contributed by atoms with Crippen molar-refractivity contribution in [1.82, 2.24) is 4.98 Å². The minimum atomic E-state index is -1.39. The van der Waals surface area contributed by atoms with Crippen LogP contribution in [0.4, 0.5) is 0 Å². The number of hydrogen-bond donors (Lipinski definition) is 4. The Morgan fingerprint density at radius 1 is 0.833 bits per heavy atom. The molecule has 0 bridgehead atoms. The number of fused-ring (bicyclic) bond motifs is 1. The maximum atomic E-state index is 10.9. The summed E-state index contributed by atoms with van der Waals surface area (Å²) in [6, 6.07) is 3.48. The van der Waals surface area contributed by atoms with Gasteiger partial charge in [0.25, 0.3) is 0 Å². The molecule has 92 valence electrons. The van der Waals surface area contributed by atoms with E-state index in [-0.39, 0.29) is 16.8 Å². The molecule has 0 radical (unpaired) electrons. The molecular formula is C11H7NO6. The molecule has 1 heterocycles. The number of aromatic carboxylic acids is 3. The predicted molar refractivity (Wildman–Crippen MR) is 59.2 cm³/mol. The lowest BCUT2D eigenvalue weighted by molar-refractivity contribution is 0.0652. The van der Waals surface area contributed by atoms with Gasteiger partial charge in [0.05, 0.1) is 11.1 Å². The van der Waals surface area contributed by atoms with Crippen LogP contribution in [-0.2, 0) is 0 Å². The first-order valence-corrected chi connectivity index (χ1v) is 4.77. The van der Waals surface area contributed by atoms with E-state index in [1.54, 1.807) is 0 Å². The molecule has 2 rings (SSSR count). The molecule has 0 saturated heterocycles. The van der Waals surface area contributed by atoms with Crippen LogP contribution in [0, 0.1) is 0 Å². The van der Waals surface area contributed by atoms with E-state index in [4.69, 9.17) is 15.3 Å². The van der Waals surface area contributed by atoms with Gasteiger partial charge in [-0.3, -0.25) is 0 Å². The lowest BCUT2D eigenvalue weighted by atomic mass is 10.1. The third-order valence-corrected chi connectivity index (χ3v) is 2.45. The number of aromatic nitrogens is 1. The number of nitrogens with one attached hydrogen (secondary N) is 1. The first kappa shape index (κ1) is 11.6. The Labute approximate surface area is 99.3 Å². The molecule has 0 amide bonds. The van der Waals surface area contributed by atoms with Crippen LogP contribution in [-0.4, -0.2) is 38.2 Å². The summed E-state index contributed by atoms with van der Waals surface area (Å²) in [4.78, 5) is 35.1. The molecule has 0 saturated carbocycles. The van der Waals surface area contributed by atoms with Gasteiger partial charge in [-0.2, -0.15) is 0 Å². The average Bonchev–Trinajstić information content (AvgIpc) is 2.69. The van der Waals surface area contributed by atoms with Crippen LogP contribution in [0.2, 0.25) is 0 Å². The number of hydrogen-bond acceptors (Lipinski definition) is 3. The lowest BCUT2D eigenvalue weighted by Gasteiger charge is -2.01. The fourth-order valence-electron chi connectivity index (χ4n) is 1.65. The Morgan fingerprint density at radius 2 is 1.39 bits per heavy atom. The van der Waals surface area contributed by atoms with Gasteiger partial charge in [0.1, 0.15) is 5.69 Å². The molecule has 18 heavy (non-hydrogen) atoms. The zero-order valence-electron chi connectivity index (χ0n) is 8.80. The van der Waals surface area contributed by atoms with E-state index in [9.17, 15) is 14.4 Å². The Kier molecular flexibility index (Phi) is 2.51.